The first-order chi connectivity index (χ1) is 9.53. The average Bonchev–Trinajstić information content (AvgIpc) is 2.34. The highest BCUT2D eigenvalue weighted by atomic mass is 28.4. The van der Waals surface area contributed by atoms with E-state index in [0.29, 0.717) is 11.8 Å². The Labute approximate surface area is 136 Å². The van der Waals surface area contributed by atoms with E-state index in [9.17, 15) is 4.79 Å². The zero-order valence-electron chi connectivity index (χ0n) is 14.5. The molecule has 0 rings (SSSR count). The van der Waals surface area contributed by atoms with Crippen LogP contribution in [0.2, 0.25) is 44.4 Å². The summed E-state index contributed by atoms with van der Waals surface area (Å²) in [5, 5.41) is 0.644. The van der Waals surface area contributed by atoms with Crippen LogP contribution in [-0.2, 0) is 17.8 Å². The summed E-state index contributed by atoms with van der Waals surface area (Å²) in [4.78, 5) is 11.0. The first-order valence-corrected chi connectivity index (χ1v) is 17.2. The maximum absolute atomic E-state index is 11.0. The summed E-state index contributed by atoms with van der Waals surface area (Å²) >= 11 is 0. The molecular formula is C13H32O4Si4. The number of rotatable bonds is 11. The van der Waals surface area contributed by atoms with E-state index in [2.05, 4.69) is 45.9 Å². The molecule has 124 valence electrons. The molecule has 0 saturated carbocycles. The predicted octanol–water partition coefficient (Wildman–Crippen LogP) is 2.11. The average molecular weight is 365 g/mol. The van der Waals surface area contributed by atoms with Crippen molar-refractivity contribution in [1.29, 1.82) is 0 Å². The SMILES string of the molecule is C=CC(=O)OCCCC([SiH2]O[Si](C)(C)C)[SiH2]O[Si](C)(C)C. The highest BCUT2D eigenvalue weighted by Crippen LogP contribution is 2.16. The van der Waals surface area contributed by atoms with Crippen LogP contribution < -0.4 is 0 Å². The van der Waals surface area contributed by atoms with Gasteiger partial charge >= 0.3 is 5.97 Å². The Morgan fingerprint density at radius 1 is 1.10 bits per heavy atom. The summed E-state index contributed by atoms with van der Waals surface area (Å²) in [7, 11) is -3.93. The number of carbonyl (C=O) groups excluding carboxylic acids is 1. The Bertz CT molecular complexity index is 305. The van der Waals surface area contributed by atoms with Crippen LogP contribution in [0.5, 0.6) is 0 Å². The van der Waals surface area contributed by atoms with Gasteiger partial charge in [0, 0.05) is 6.08 Å². The molecule has 0 aliphatic carbocycles. The minimum Gasteiger partial charge on any atom is -0.463 e. The summed E-state index contributed by atoms with van der Waals surface area (Å²) in [6, 6.07) is 0. The predicted molar refractivity (Wildman–Crippen MR) is 100 cm³/mol. The van der Waals surface area contributed by atoms with Crippen molar-refractivity contribution in [2.45, 2.75) is 57.3 Å². The third-order valence-electron chi connectivity index (χ3n) is 2.67. The number of ether oxygens (including phenoxy) is 1. The van der Waals surface area contributed by atoms with Crippen LogP contribution in [0, 0.1) is 0 Å². The quantitative estimate of drug-likeness (QED) is 0.244. The van der Waals surface area contributed by atoms with Crippen molar-refractivity contribution in [3.63, 3.8) is 0 Å². The summed E-state index contributed by atoms with van der Waals surface area (Å²) in [6.07, 6.45) is 3.18. The van der Waals surface area contributed by atoms with Crippen molar-refractivity contribution < 1.29 is 17.8 Å². The summed E-state index contributed by atoms with van der Waals surface area (Å²) in [6.45, 7) is 17.3. The smallest absolute Gasteiger partial charge is 0.330 e. The Balaban J connectivity index is 4.17. The van der Waals surface area contributed by atoms with Crippen LogP contribution >= 0.6 is 0 Å². The van der Waals surface area contributed by atoms with Gasteiger partial charge in [0.15, 0.2) is 16.6 Å². The zero-order valence-corrected chi connectivity index (χ0v) is 19.4. The molecule has 0 aromatic rings. The highest BCUT2D eigenvalue weighted by molar-refractivity contribution is 6.77. The monoisotopic (exact) mass is 364 g/mol. The fourth-order valence-corrected chi connectivity index (χ4v) is 10.9. The largest absolute Gasteiger partial charge is 0.463 e. The number of hydrogen-bond donors (Lipinski definition) is 0. The molecule has 4 nitrogen and oxygen atoms in total. The van der Waals surface area contributed by atoms with Crippen LogP contribution in [0.1, 0.15) is 12.8 Å². The van der Waals surface area contributed by atoms with Crippen LogP contribution in [0.4, 0.5) is 0 Å². The van der Waals surface area contributed by atoms with Gasteiger partial charge in [-0.05, 0) is 57.3 Å². The first kappa shape index (κ1) is 21.0. The maximum atomic E-state index is 11.0. The molecule has 21 heavy (non-hydrogen) atoms. The Kier molecular flexibility index (Phi) is 9.90. The van der Waals surface area contributed by atoms with Gasteiger partial charge in [0.05, 0.1) is 6.61 Å². The molecule has 0 unspecified atom stereocenters. The molecule has 0 N–H and O–H groups in total. The van der Waals surface area contributed by atoms with Gasteiger partial charge in [0.2, 0.25) is 0 Å². The fourth-order valence-electron chi connectivity index (χ4n) is 1.55. The van der Waals surface area contributed by atoms with Crippen LogP contribution in [-0.4, -0.2) is 48.7 Å². The molecule has 0 heterocycles. The molecule has 8 heteroatoms. The highest BCUT2D eigenvalue weighted by Gasteiger charge is 2.22. The fraction of sp³-hybridized carbons (Fsp3) is 0.769. The molecule has 0 aromatic heterocycles. The zero-order chi connectivity index (χ0) is 16.5. The lowest BCUT2D eigenvalue weighted by Crippen LogP contribution is -2.34. The van der Waals surface area contributed by atoms with Crippen LogP contribution in [0.3, 0.4) is 0 Å². The second-order valence-electron chi connectivity index (χ2n) is 7.23. The van der Waals surface area contributed by atoms with E-state index in [1.165, 1.54) is 6.08 Å². The minimum absolute atomic E-state index is 0.335. The molecule has 0 aliphatic heterocycles. The van der Waals surface area contributed by atoms with Crippen LogP contribution in [0.15, 0.2) is 12.7 Å². The van der Waals surface area contributed by atoms with Crippen molar-refractivity contribution >= 4 is 42.1 Å². The maximum Gasteiger partial charge on any atom is 0.330 e. The number of esters is 1. The van der Waals surface area contributed by atoms with Gasteiger partial charge < -0.3 is 13.0 Å². The van der Waals surface area contributed by atoms with Crippen molar-refractivity contribution in [1.82, 2.24) is 0 Å². The second kappa shape index (κ2) is 9.90. The van der Waals surface area contributed by atoms with Gasteiger partial charge in [-0.1, -0.05) is 6.58 Å². The number of hydrogen-bond acceptors (Lipinski definition) is 4. The first-order valence-electron chi connectivity index (χ1n) is 7.60. The van der Waals surface area contributed by atoms with Crippen molar-refractivity contribution in [2.75, 3.05) is 6.61 Å². The van der Waals surface area contributed by atoms with E-state index in [1.54, 1.807) is 0 Å². The second-order valence-corrected chi connectivity index (χ2v) is 22.1. The topological polar surface area (TPSA) is 44.8 Å². The molecule has 0 saturated heterocycles. The Morgan fingerprint density at radius 2 is 1.57 bits per heavy atom. The van der Waals surface area contributed by atoms with Gasteiger partial charge in [-0.2, -0.15) is 0 Å². The third kappa shape index (κ3) is 14.7. The lowest BCUT2D eigenvalue weighted by molar-refractivity contribution is -0.137. The van der Waals surface area contributed by atoms with Gasteiger partial charge in [0.1, 0.15) is 19.5 Å². The molecular weight excluding hydrogens is 332 g/mol. The van der Waals surface area contributed by atoms with Crippen molar-refractivity contribution in [2.24, 2.45) is 0 Å². The van der Waals surface area contributed by atoms with Crippen molar-refractivity contribution in [3.05, 3.63) is 12.7 Å². The van der Waals surface area contributed by atoms with E-state index in [0.717, 1.165) is 12.8 Å². The molecule has 0 aliphatic rings. The van der Waals surface area contributed by atoms with E-state index >= 15 is 0 Å². The van der Waals surface area contributed by atoms with Gasteiger partial charge in [0.25, 0.3) is 0 Å². The Morgan fingerprint density at radius 3 is 1.95 bits per heavy atom. The molecule has 0 atom stereocenters. The van der Waals surface area contributed by atoms with Crippen molar-refractivity contribution in [3.8, 4) is 0 Å². The molecule has 0 aromatic carbocycles. The Hall–Kier alpha value is -0.00247. The molecule has 0 fully saturated rings. The van der Waals surface area contributed by atoms with E-state index in [-0.39, 0.29) is 5.97 Å². The molecule has 0 spiro atoms. The summed E-state index contributed by atoms with van der Waals surface area (Å²) in [5.74, 6) is -0.335. The van der Waals surface area contributed by atoms with Gasteiger partial charge in [-0.3, -0.25) is 0 Å². The minimum atomic E-state index is -1.42. The molecule has 0 radical (unpaired) electrons. The normalized spacial score (nSPS) is 15.0. The third-order valence-corrected chi connectivity index (χ3v) is 14.1. The molecule has 0 bridgehead atoms. The standard InChI is InChI=1S/C13H32O4Si4/c1-8-12(14)15-11-9-10-13(18-16-20(2,3)4)19-17-21(5,6)7/h8,13H,1,9-11,18-19H2,2-7H3. The van der Waals surface area contributed by atoms with Gasteiger partial charge in [-0.15, -0.1) is 0 Å². The van der Waals surface area contributed by atoms with E-state index in [4.69, 9.17) is 13.0 Å². The van der Waals surface area contributed by atoms with E-state index in [1.807, 2.05) is 0 Å². The number of carbonyl (C=O) groups is 1. The lowest BCUT2D eigenvalue weighted by Gasteiger charge is -2.26. The van der Waals surface area contributed by atoms with Crippen LogP contribution in [0.25, 0.3) is 0 Å². The lowest BCUT2D eigenvalue weighted by atomic mass is 10.3. The van der Waals surface area contributed by atoms with Gasteiger partial charge in [-0.25, -0.2) is 4.79 Å². The molecule has 0 amide bonds. The summed E-state index contributed by atoms with van der Waals surface area (Å²) in [5.41, 5.74) is 0. The van der Waals surface area contributed by atoms with E-state index < -0.39 is 36.2 Å². The summed E-state index contributed by atoms with van der Waals surface area (Å²) < 4.78 is 17.4.